The number of aryl methyl sites for hydroxylation is 1. The molecule has 0 unspecified atom stereocenters. The number of anilines is 3. The van der Waals surface area contributed by atoms with Crippen LogP contribution < -0.4 is 15.1 Å². The van der Waals surface area contributed by atoms with Gasteiger partial charge in [0, 0.05) is 56.8 Å². The van der Waals surface area contributed by atoms with Crippen molar-refractivity contribution in [1.82, 2.24) is 14.9 Å². The summed E-state index contributed by atoms with van der Waals surface area (Å²) in [5, 5.41) is 2.99. The molecule has 1 saturated heterocycles. The molecule has 7 nitrogen and oxygen atoms in total. The molecule has 7 heteroatoms. The third-order valence-electron chi connectivity index (χ3n) is 5.25. The van der Waals surface area contributed by atoms with Crippen LogP contribution in [0.2, 0.25) is 0 Å². The smallest absolute Gasteiger partial charge is 0.274 e. The quantitative estimate of drug-likeness (QED) is 0.829. The Labute approximate surface area is 167 Å². The van der Waals surface area contributed by atoms with Crippen LogP contribution in [-0.2, 0) is 0 Å². The second-order valence-electron chi connectivity index (χ2n) is 7.16. The number of nitrogens with one attached hydrogen (secondary N) is 1. The maximum atomic E-state index is 12.7. The molecule has 0 bridgehead atoms. The lowest BCUT2D eigenvalue weighted by atomic mass is 10.1. The van der Waals surface area contributed by atoms with Crippen LogP contribution in [0, 0.1) is 6.92 Å². The average Bonchev–Trinajstić information content (AvgIpc) is 2.71. The number of rotatable bonds is 6. The van der Waals surface area contributed by atoms with E-state index in [1.807, 2.05) is 19.1 Å². The minimum Gasteiger partial charge on any atom is -0.372 e. The molecule has 0 spiro atoms. The SMILES string of the molecule is CCN(CC)c1ccc(NC(=O)c2ccnc(N3CCN(C)CC3)n2)c(C)c1. The summed E-state index contributed by atoms with van der Waals surface area (Å²) in [6.45, 7) is 11.9. The maximum Gasteiger partial charge on any atom is 0.274 e. The molecule has 2 aromatic rings. The summed E-state index contributed by atoms with van der Waals surface area (Å²) in [5.41, 5.74) is 3.39. The van der Waals surface area contributed by atoms with Gasteiger partial charge < -0.3 is 20.0 Å². The molecule has 2 heterocycles. The lowest BCUT2D eigenvalue weighted by molar-refractivity contribution is 0.102. The van der Waals surface area contributed by atoms with Crippen molar-refractivity contribution in [3.8, 4) is 0 Å². The minimum atomic E-state index is -0.212. The molecule has 1 amide bonds. The molecule has 28 heavy (non-hydrogen) atoms. The third-order valence-corrected chi connectivity index (χ3v) is 5.25. The molecular weight excluding hydrogens is 352 g/mol. The molecule has 1 aliphatic heterocycles. The largest absolute Gasteiger partial charge is 0.372 e. The van der Waals surface area contributed by atoms with Crippen LogP contribution in [0.4, 0.5) is 17.3 Å². The topological polar surface area (TPSA) is 64.6 Å². The van der Waals surface area contributed by atoms with Gasteiger partial charge in [-0.05, 0) is 57.6 Å². The van der Waals surface area contributed by atoms with Gasteiger partial charge in [0.25, 0.3) is 5.91 Å². The first kappa shape index (κ1) is 20.1. The molecule has 0 atom stereocenters. The molecule has 1 aliphatic rings. The van der Waals surface area contributed by atoms with E-state index in [9.17, 15) is 4.79 Å². The fourth-order valence-corrected chi connectivity index (χ4v) is 3.39. The molecule has 0 saturated carbocycles. The van der Waals surface area contributed by atoms with Gasteiger partial charge in [-0.25, -0.2) is 9.97 Å². The van der Waals surface area contributed by atoms with Crippen LogP contribution in [0.1, 0.15) is 29.9 Å². The summed E-state index contributed by atoms with van der Waals surface area (Å²) < 4.78 is 0. The van der Waals surface area contributed by atoms with Gasteiger partial charge in [-0.2, -0.15) is 0 Å². The summed E-state index contributed by atoms with van der Waals surface area (Å²) in [5.74, 6) is 0.408. The highest BCUT2D eigenvalue weighted by molar-refractivity contribution is 6.03. The molecule has 0 aliphatic carbocycles. The second-order valence-corrected chi connectivity index (χ2v) is 7.16. The first-order valence-electron chi connectivity index (χ1n) is 9.95. The fraction of sp³-hybridized carbons (Fsp3) is 0.476. The van der Waals surface area contributed by atoms with Crippen LogP contribution in [0.25, 0.3) is 0 Å². The third kappa shape index (κ3) is 4.59. The Morgan fingerprint density at radius 1 is 1.14 bits per heavy atom. The Morgan fingerprint density at radius 3 is 2.50 bits per heavy atom. The number of hydrogen-bond acceptors (Lipinski definition) is 6. The van der Waals surface area contributed by atoms with E-state index in [1.165, 1.54) is 5.69 Å². The Balaban J connectivity index is 1.72. The number of amides is 1. The van der Waals surface area contributed by atoms with Gasteiger partial charge in [-0.15, -0.1) is 0 Å². The number of nitrogens with zero attached hydrogens (tertiary/aromatic N) is 5. The van der Waals surface area contributed by atoms with E-state index in [4.69, 9.17) is 0 Å². The minimum absolute atomic E-state index is 0.212. The first-order valence-corrected chi connectivity index (χ1v) is 9.95. The van der Waals surface area contributed by atoms with Crippen molar-refractivity contribution in [2.45, 2.75) is 20.8 Å². The average molecular weight is 383 g/mol. The van der Waals surface area contributed by atoms with Gasteiger partial charge in [0.1, 0.15) is 5.69 Å². The number of benzene rings is 1. The van der Waals surface area contributed by atoms with E-state index in [2.05, 4.69) is 56.9 Å². The number of aromatic nitrogens is 2. The highest BCUT2D eigenvalue weighted by Gasteiger charge is 2.18. The normalized spacial score (nSPS) is 14.8. The Morgan fingerprint density at radius 2 is 1.86 bits per heavy atom. The van der Waals surface area contributed by atoms with Crippen LogP contribution in [-0.4, -0.2) is 67.1 Å². The van der Waals surface area contributed by atoms with Gasteiger partial charge in [0.15, 0.2) is 0 Å². The molecule has 0 radical (unpaired) electrons. The van der Waals surface area contributed by atoms with Gasteiger partial charge in [0.05, 0.1) is 0 Å². The zero-order valence-corrected chi connectivity index (χ0v) is 17.3. The second kappa shape index (κ2) is 9.01. The van der Waals surface area contributed by atoms with Crippen LogP contribution in [0.5, 0.6) is 0 Å². The van der Waals surface area contributed by atoms with Crippen LogP contribution in [0.3, 0.4) is 0 Å². The number of carbonyl (C=O) groups excluding carboxylic acids is 1. The highest BCUT2D eigenvalue weighted by Crippen LogP contribution is 2.23. The van der Waals surface area contributed by atoms with Crippen LogP contribution >= 0.6 is 0 Å². The molecule has 1 N–H and O–H groups in total. The number of carbonyl (C=O) groups is 1. The molecule has 1 aromatic carbocycles. The summed E-state index contributed by atoms with van der Waals surface area (Å²) in [4.78, 5) is 28.3. The zero-order chi connectivity index (χ0) is 20.1. The maximum absolute atomic E-state index is 12.7. The molecular formula is C21H30N6O. The first-order chi connectivity index (χ1) is 13.5. The van der Waals surface area contributed by atoms with E-state index in [0.717, 1.165) is 50.5 Å². The molecule has 150 valence electrons. The van der Waals surface area contributed by atoms with Gasteiger partial charge in [-0.3, -0.25) is 4.79 Å². The van der Waals surface area contributed by atoms with E-state index in [0.29, 0.717) is 11.6 Å². The summed E-state index contributed by atoms with van der Waals surface area (Å²) in [7, 11) is 2.11. The van der Waals surface area contributed by atoms with Gasteiger partial charge in [-0.1, -0.05) is 0 Å². The monoisotopic (exact) mass is 382 g/mol. The van der Waals surface area contributed by atoms with E-state index < -0.39 is 0 Å². The zero-order valence-electron chi connectivity index (χ0n) is 17.3. The molecule has 1 fully saturated rings. The Kier molecular flexibility index (Phi) is 6.46. The standard InChI is InChI=1S/C21H30N6O/c1-5-26(6-2)17-7-8-18(16(3)15-17)23-20(28)19-9-10-22-21(24-19)27-13-11-25(4)12-14-27/h7-10,15H,5-6,11-14H2,1-4H3,(H,23,28). The number of piperazine rings is 1. The Bertz CT molecular complexity index is 812. The van der Waals surface area contributed by atoms with Crippen molar-refractivity contribution in [2.24, 2.45) is 0 Å². The lowest BCUT2D eigenvalue weighted by Gasteiger charge is -2.32. The highest BCUT2D eigenvalue weighted by atomic mass is 16.1. The lowest BCUT2D eigenvalue weighted by Crippen LogP contribution is -2.45. The predicted molar refractivity (Wildman–Crippen MR) is 114 cm³/mol. The Hall–Kier alpha value is -2.67. The molecule has 3 rings (SSSR count). The van der Waals surface area contributed by atoms with Crippen LogP contribution in [0.15, 0.2) is 30.5 Å². The van der Waals surface area contributed by atoms with E-state index >= 15 is 0 Å². The van der Waals surface area contributed by atoms with E-state index in [-0.39, 0.29) is 5.91 Å². The van der Waals surface area contributed by atoms with Gasteiger partial charge in [0.2, 0.25) is 5.95 Å². The number of likely N-dealkylation sites (N-methyl/N-ethyl adjacent to an activating group) is 1. The number of hydrogen-bond donors (Lipinski definition) is 1. The van der Waals surface area contributed by atoms with Crippen molar-refractivity contribution >= 4 is 23.2 Å². The summed E-state index contributed by atoms with van der Waals surface area (Å²) >= 11 is 0. The molecule has 1 aromatic heterocycles. The fourth-order valence-electron chi connectivity index (χ4n) is 3.39. The van der Waals surface area contributed by atoms with Crippen molar-refractivity contribution < 1.29 is 4.79 Å². The predicted octanol–water partition coefficient (Wildman–Crippen LogP) is 2.64. The van der Waals surface area contributed by atoms with E-state index in [1.54, 1.807) is 12.3 Å². The van der Waals surface area contributed by atoms with Gasteiger partial charge >= 0.3 is 0 Å². The van der Waals surface area contributed by atoms with Crippen molar-refractivity contribution in [2.75, 3.05) is 61.4 Å². The van der Waals surface area contributed by atoms with Crippen molar-refractivity contribution in [3.63, 3.8) is 0 Å². The van der Waals surface area contributed by atoms with Crippen molar-refractivity contribution in [3.05, 3.63) is 41.7 Å². The summed E-state index contributed by atoms with van der Waals surface area (Å²) in [6, 6.07) is 7.78. The summed E-state index contributed by atoms with van der Waals surface area (Å²) in [6.07, 6.45) is 1.66. The van der Waals surface area contributed by atoms with Crippen molar-refractivity contribution in [1.29, 1.82) is 0 Å².